The fourth-order valence-electron chi connectivity index (χ4n) is 0.948. The average molecular weight is 224 g/mol. The first-order chi connectivity index (χ1) is 6.76. The van der Waals surface area contributed by atoms with Crippen LogP contribution < -0.4 is 0 Å². The maximum absolute atomic E-state index is 12.6. The Labute approximate surface area is 82.9 Å². The molecule has 1 aromatic rings. The number of furan rings is 1. The third-order valence-electron chi connectivity index (χ3n) is 1.97. The van der Waals surface area contributed by atoms with Crippen LogP contribution >= 0.6 is 0 Å². The number of aryl methyl sites for hydroxylation is 2. The van der Waals surface area contributed by atoms with Crippen LogP contribution in [0.15, 0.2) is 10.5 Å². The zero-order valence-corrected chi connectivity index (χ0v) is 7.98. The summed E-state index contributed by atoms with van der Waals surface area (Å²) >= 11 is 0. The predicted molar refractivity (Wildman–Crippen MR) is 43.5 cm³/mol. The lowest BCUT2D eigenvalue weighted by atomic mass is 10.1. The summed E-state index contributed by atoms with van der Waals surface area (Å²) in [6, 6.07) is 1.02. The molecule has 0 atom stereocenters. The fourth-order valence-corrected chi connectivity index (χ4v) is 0.948. The molecule has 0 aliphatic carbocycles. The van der Waals surface area contributed by atoms with Crippen LogP contribution in [0.3, 0.4) is 0 Å². The van der Waals surface area contributed by atoms with E-state index in [9.17, 15) is 22.4 Å². The van der Waals surface area contributed by atoms with Crippen LogP contribution in [0.4, 0.5) is 17.6 Å². The molecule has 0 amide bonds. The van der Waals surface area contributed by atoms with E-state index in [1.54, 1.807) is 0 Å². The number of ketones is 1. The van der Waals surface area contributed by atoms with E-state index in [0.717, 1.165) is 6.07 Å². The Kier molecular flexibility index (Phi) is 2.88. The molecule has 0 saturated carbocycles. The Morgan fingerprint density at radius 2 is 1.93 bits per heavy atom. The Morgan fingerprint density at radius 1 is 1.40 bits per heavy atom. The van der Waals surface area contributed by atoms with Crippen LogP contribution in [0, 0.1) is 13.8 Å². The van der Waals surface area contributed by atoms with E-state index < -0.39 is 23.9 Å². The number of hydrogen-bond acceptors (Lipinski definition) is 2. The van der Waals surface area contributed by atoms with Crippen molar-refractivity contribution in [2.75, 3.05) is 0 Å². The molecular weight excluding hydrogens is 216 g/mol. The second-order valence-electron chi connectivity index (χ2n) is 3.10. The molecule has 0 spiro atoms. The monoisotopic (exact) mass is 224 g/mol. The van der Waals surface area contributed by atoms with Gasteiger partial charge in [0.15, 0.2) is 5.76 Å². The number of Topliss-reactive ketones (excluding diaryl/α,β-unsaturated/α-hetero) is 1. The number of alkyl halides is 4. The van der Waals surface area contributed by atoms with Gasteiger partial charge in [0, 0.05) is 0 Å². The van der Waals surface area contributed by atoms with Crippen molar-refractivity contribution >= 4 is 5.78 Å². The van der Waals surface area contributed by atoms with Gasteiger partial charge in [-0.05, 0) is 25.5 Å². The fraction of sp³-hybridized carbons (Fsp3) is 0.444. The molecule has 1 heterocycles. The van der Waals surface area contributed by atoms with Crippen LogP contribution in [0.5, 0.6) is 0 Å². The highest BCUT2D eigenvalue weighted by molar-refractivity contribution is 5.99. The smallest absolute Gasteiger partial charge is 0.372 e. The number of hydrogen-bond donors (Lipinski definition) is 0. The third kappa shape index (κ3) is 2.03. The molecule has 6 heteroatoms. The SMILES string of the molecule is Cc1cc(C(=O)C(F)(F)C(F)F)oc1C. The molecule has 15 heavy (non-hydrogen) atoms. The Morgan fingerprint density at radius 3 is 2.27 bits per heavy atom. The van der Waals surface area contributed by atoms with Crippen LogP contribution in [0.2, 0.25) is 0 Å². The van der Waals surface area contributed by atoms with Crippen molar-refractivity contribution < 1.29 is 26.8 Å². The lowest BCUT2D eigenvalue weighted by Crippen LogP contribution is -2.36. The number of carbonyl (C=O) groups is 1. The summed E-state index contributed by atoms with van der Waals surface area (Å²) in [5.74, 6) is -7.18. The Balaban J connectivity index is 3.05. The van der Waals surface area contributed by atoms with Gasteiger partial charge < -0.3 is 4.42 Å². The van der Waals surface area contributed by atoms with Gasteiger partial charge in [0.1, 0.15) is 5.76 Å². The van der Waals surface area contributed by atoms with E-state index in [2.05, 4.69) is 4.42 Å². The van der Waals surface area contributed by atoms with E-state index in [0.29, 0.717) is 5.56 Å². The van der Waals surface area contributed by atoms with Gasteiger partial charge in [-0.3, -0.25) is 4.79 Å². The molecule has 0 saturated heterocycles. The van der Waals surface area contributed by atoms with Crippen LogP contribution in [0.1, 0.15) is 21.9 Å². The van der Waals surface area contributed by atoms with E-state index in [1.807, 2.05) is 0 Å². The normalized spacial score (nSPS) is 12.2. The summed E-state index contributed by atoms with van der Waals surface area (Å²) in [6.45, 7) is 2.97. The minimum atomic E-state index is -4.70. The number of rotatable bonds is 3. The van der Waals surface area contributed by atoms with Crippen LogP contribution in [0.25, 0.3) is 0 Å². The highest BCUT2D eigenvalue weighted by Gasteiger charge is 2.50. The Bertz CT molecular complexity index is 362. The van der Waals surface area contributed by atoms with E-state index in [1.165, 1.54) is 13.8 Å². The molecule has 1 aromatic heterocycles. The average Bonchev–Trinajstić information content (AvgIpc) is 2.45. The van der Waals surface area contributed by atoms with Crippen LogP contribution in [-0.4, -0.2) is 18.1 Å². The first kappa shape index (κ1) is 11.7. The molecule has 0 aliphatic rings. The largest absolute Gasteiger partial charge is 0.458 e. The standard InChI is InChI=1S/C9H8F4O2/c1-4-3-6(15-5(4)2)7(14)9(12,13)8(10)11/h3,8H,1-2H3. The first-order valence-electron chi connectivity index (χ1n) is 4.04. The Hall–Kier alpha value is -1.33. The van der Waals surface area contributed by atoms with E-state index in [4.69, 9.17) is 0 Å². The number of halogens is 4. The van der Waals surface area contributed by atoms with Gasteiger partial charge in [0.25, 0.3) is 5.78 Å². The molecule has 0 fully saturated rings. The molecule has 0 aromatic carbocycles. The predicted octanol–water partition coefficient (Wildman–Crippen LogP) is 2.98. The van der Waals surface area contributed by atoms with Gasteiger partial charge >= 0.3 is 12.3 Å². The summed E-state index contributed by atoms with van der Waals surface area (Å²) in [6.07, 6.45) is -4.03. The number of carbonyl (C=O) groups excluding carboxylic acids is 1. The third-order valence-corrected chi connectivity index (χ3v) is 1.97. The van der Waals surface area contributed by atoms with Gasteiger partial charge in [0.05, 0.1) is 0 Å². The molecule has 0 N–H and O–H groups in total. The van der Waals surface area contributed by atoms with E-state index >= 15 is 0 Å². The molecule has 84 valence electrons. The van der Waals surface area contributed by atoms with Gasteiger partial charge in [-0.15, -0.1) is 0 Å². The summed E-state index contributed by atoms with van der Waals surface area (Å²) in [4.78, 5) is 10.9. The molecule has 0 unspecified atom stereocenters. The lowest BCUT2D eigenvalue weighted by Gasteiger charge is -2.11. The van der Waals surface area contributed by atoms with Gasteiger partial charge in [-0.1, -0.05) is 0 Å². The summed E-state index contributed by atoms with van der Waals surface area (Å²) < 4.78 is 53.6. The molecule has 0 bridgehead atoms. The highest BCUT2D eigenvalue weighted by atomic mass is 19.3. The second kappa shape index (κ2) is 3.67. The first-order valence-corrected chi connectivity index (χ1v) is 4.04. The van der Waals surface area contributed by atoms with Crippen molar-refractivity contribution in [3.8, 4) is 0 Å². The second-order valence-corrected chi connectivity index (χ2v) is 3.10. The van der Waals surface area contributed by atoms with Crippen molar-refractivity contribution in [2.45, 2.75) is 26.2 Å². The zero-order valence-electron chi connectivity index (χ0n) is 7.98. The molecule has 1 rings (SSSR count). The minimum absolute atomic E-state index is 0.253. The molecule has 0 radical (unpaired) electrons. The van der Waals surface area contributed by atoms with Crippen molar-refractivity contribution in [1.82, 2.24) is 0 Å². The topological polar surface area (TPSA) is 30.2 Å². The summed E-state index contributed by atoms with van der Waals surface area (Å²) in [5, 5.41) is 0. The van der Waals surface area contributed by atoms with Crippen molar-refractivity contribution in [3.63, 3.8) is 0 Å². The minimum Gasteiger partial charge on any atom is -0.458 e. The maximum atomic E-state index is 12.6. The van der Waals surface area contributed by atoms with Gasteiger partial charge in [-0.2, -0.15) is 8.78 Å². The van der Waals surface area contributed by atoms with Crippen molar-refractivity contribution in [3.05, 3.63) is 23.2 Å². The maximum Gasteiger partial charge on any atom is 0.372 e. The molecular formula is C9H8F4O2. The van der Waals surface area contributed by atoms with Crippen molar-refractivity contribution in [1.29, 1.82) is 0 Å². The van der Waals surface area contributed by atoms with Crippen molar-refractivity contribution in [2.24, 2.45) is 0 Å². The van der Waals surface area contributed by atoms with Gasteiger partial charge in [0.2, 0.25) is 0 Å². The quantitative estimate of drug-likeness (QED) is 0.583. The van der Waals surface area contributed by atoms with E-state index in [-0.39, 0.29) is 5.76 Å². The highest BCUT2D eigenvalue weighted by Crippen LogP contribution is 2.28. The van der Waals surface area contributed by atoms with Gasteiger partial charge in [-0.25, -0.2) is 8.78 Å². The van der Waals surface area contributed by atoms with Crippen LogP contribution in [-0.2, 0) is 0 Å². The molecule has 2 nitrogen and oxygen atoms in total. The summed E-state index contributed by atoms with van der Waals surface area (Å²) in [5.41, 5.74) is 0.461. The molecule has 0 aliphatic heterocycles. The zero-order chi connectivity index (χ0) is 11.8. The lowest BCUT2D eigenvalue weighted by molar-refractivity contribution is -0.0969. The summed E-state index contributed by atoms with van der Waals surface area (Å²) in [7, 11) is 0.